The maximum atomic E-state index is 5.65. The molecule has 2 bridgehead atoms. The molecule has 0 saturated heterocycles. The van der Waals surface area contributed by atoms with Crippen LogP contribution in [0, 0.1) is 24.7 Å². The third kappa shape index (κ3) is 2.04. The van der Waals surface area contributed by atoms with Gasteiger partial charge in [0.2, 0.25) is 5.95 Å². The lowest BCUT2D eigenvalue weighted by atomic mass is 9.84. The molecular weight excluding hydrogens is 224 g/mol. The summed E-state index contributed by atoms with van der Waals surface area (Å²) in [4.78, 5) is 8.31. The Balaban J connectivity index is 1.70. The first-order valence-corrected chi connectivity index (χ1v) is 6.99. The van der Waals surface area contributed by atoms with Crippen LogP contribution in [-0.2, 0) is 0 Å². The van der Waals surface area contributed by atoms with Gasteiger partial charge in [-0.25, -0.2) is 4.98 Å². The number of hydrogen-bond donors (Lipinski definition) is 2. The lowest BCUT2D eigenvalue weighted by Gasteiger charge is -2.29. The highest BCUT2D eigenvalue weighted by Crippen LogP contribution is 2.49. The van der Waals surface area contributed by atoms with E-state index < -0.39 is 0 Å². The summed E-state index contributed by atoms with van der Waals surface area (Å²) in [5.41, 5.74) is 6.72. The maximum absolute atomic E-state index is 5.65. The second kappa shape index (κ2) is 4.41. The lowest BCUT2D eigenvalue weighted by molar-refractivity contribution is 0.304. The number of nitrogens with one attached hydrogen (secondary N) is 1. The SMILES string of the molecule is Cc1cnc(N)nc1NC(C)C1CC2CCC1C2. The smallest absolute Gasteiger partial charge is 0.221 e. The Kier molecular flexibility index (Phi) is 2.88. The van der Waals surface area contributed by atoms with Crippen LogP contribution in [0.25, 0.3) is 0 Å². The number of rotatable bonds is 3. The second-order valence-corrected chi connectivity index (χ2v) is 6.03. The summed E-state index contributed by atoms with van der Waals surface area (Å²) >= 11 is 0. The van der Waals surface area contributed by atoms with Crippen molar-refractivity contribution in [3.63, 3.8) is 0 Å². The van der Waals surface area contributed by atoms with Gasteiger partial charge in [-0.05, 0) is 50.9 Å². The molecule has 0 aromatic carbocycles. The molecule has 1 aromatic heterocycles. The Labute approximate surface area is 108 Å². The largest absolute Gasteiger partial charge is 0.368 e. The van der Waals surface area contributed by atoms with E-state index in [4.69, 9.17) is 5.73 Å². The van der Waals surface area contributed by atoms with E-state index >= 15 is 0 Å². The van der Waals surface area contributed by atoms with Gasteiger partial charge in [0.05, 0.1) is 0 Å². The molecule has 2 fully saturated rings. The van der Waals surface area contributed by atoms with E-state index in [-0.39, 0.29) is 0 Å². The van der Waals surface area contributed by atoms with Crippen LogP contribution in [0.1, 0.15) is 38.2 Å². The highest BCUT2D eigenvalue weighted by molar-refractivity contribution is 5.45. The van der Waals surface area contributed by atoms with Gasteiger partial charge >= 0.3 is 0 Å². The number of fused-ring (bicyclic) bond motifs is 2. The highest BCUT2D eigenvalue weighted by Gasteiger charge is 2.41. The van der Waals surface area contributed by atoms with Crippen molar-refractivity contribution >= 4 is 11.8 Å². The van der Waals surface area contributed by atoms with Crippen molar-refractivity contribution in [3.8, 4) is 0 Å². The first kappa shape index (κ1) is 11.8. The van der Waals surface area contributed by atoms with Crippen LogP contribution in [0.5, 0.6) is 0 Å². The summed E-state index contributed by atoms with van der Waals surface area (Å²) in [7, 11) is 0. The molecule has 2 aliphatic rings. The van der Waals surface area contributed by atoms with Crippen LogP contribution in [0.4, 0.5) is 11.8 Å². The van der Waals surface area contributed by atoms with Gasteiger partial charge in [0.25, 0.3) is 0 Å². The molecule has 3 rings (SSSR count). The number of aromatic nitrogens is 2. The molecular formula is C14H22N4. The van der Waals surface area contributed by atoms with Gasteiger partial charge in [0.15, 0.2) is 0 Å². The third-order valence-electron chi connectivity index (χ3n) is 4.79. The molecule has 3 N–H and O–H groups in total. The molecule has 0 spiro atoms. The fourth-order valence-electron chi connectivity index (χ4n) is 3.83. The van der Waals surface area contributed by atoms with E-state index in [0.717, 1.165) is 29.1 Å². The van der Waals surface area contributed by atoms with Crippen molar-refractivity contribution in [3.05, 3.63) is 11.8 Å². The van der Waals surface area contributed by atoms with E-state index in [1.807, 2.05) is 6.92 Å². The Morgan fingerprint density at radius 3 is 2.89 bits per heavy atom. The van der Waals surface area contributed by atoms with E-state index in [0.29, 0.717) is 12.0 Å². The fraction of sp³-hybridized carbons (Fsp3) is 0.714. The number of aryl methyl sites for hydroxylation is 1. The number of anilines is 2. The van der Waals surface area contributed by atoms with Crippen LogP contribution >= 0.6 is 0 Å². The normalized spacial score (nSPS) is 31.6. The zero-order valence-corrected chi connectivity index (χ0v) is 11.2. The summed E-state index contributed by atoms with van der Waals surface area (Å²) < 4.78 is 0. The van der Waals surface area contributed by atoms with Crippen molar-refractivity contribution in [2.75, 3.05) is 11.1 Å². The van der Waals surface area contributed by atoms with Crippen molar-refractivity contribution < 1.29 is 0 Å². The minimum absolute atomic E-state index is 0.350. The van der Waals surface area contributed by atoms with Gasteiger partial charge in [0.1, 0.15) is 5.82 Å². The van der Waals surface area contributed by atoms with E-state index in [1.54, 1.807) is 6.20 Å². The first-order chi connectivity index (χ1) is 8.63. The summed E-state index contributed by atoms with van der Waals surface area (Å²) in [6.45, 7) is 4.30. The number of nitrogen functional groups attached to an aromatic ring is 1. The Morgan fingerprint density at radius 1 is 1.39 bits per heavy atom. The molecule has 4 heteroatoms. The minimum atomic E-state index is 0.350. The van der Waals surface area contributed by atoms with Crippen LogP contribution in [-0.4, -0.2) is 16.0 Å². The Bertz CT molecular complexity index is 445. The van der Waals surface area contributed by atoms with Crippen molar-refractivity contribution in [2.24, 2.45) is 17.8 Å². The summed E-state index contributed by atoms with van der Waals surface area (Å²) in [5.74, 6) is 3.97. The van der Waals surface area contributed by atoms with E-state index in [2.05, 4.69) is 22.2 Å². The Morgan fingerprint density at radius 2 is 2.22 bits per heavy atom. The quantitative estimate of drug-likeness (QED) is 0.860. The minimum Gasteiger partial charge on any atom is -0.368 e. The van der Waals surface area contributed by atoms with Crippen LogP contribution < -0.4 is 11.1 Å². The van der Waals surface area contributed by atoms with Crippen LogP contribution in [0.3, 0.4) is 0 Å². The van der Waals surface area contributed by atoms with E-state index in [9.17, 15) is 0 Å². The van der Waals surface area contributed by atoms with Gasteiger partial charge in [-0.1, -0.05) is 6.42 Å². The van der Waals surface area contributed by atoms with Gasteiger partial charge < -0.3 is 11.1 Å². The predicted molar refractivity (Wildman–Crippen MR) is 73.2 cm³/mol. The molecule has 18 heavy (non-hydrogen) atoms. The first-order valence-electron chi connectivity index (χ1n) is 6.99. The molecule has 1 aromatic rings. The Hall–Kier alpha value is -1.32. The monoisotopic (exact) mass is 246 g/mol. The number of nitrogens with two attached hydrogens (primary N) is 1. The topological polar surface area (TPSA) is 63.8 Å². The molecule has 98 valence electrons. The highest BCUT2D eigenvalue weighted by atomic mass is 15.1. The maximum Gasteiger partial charge on any atom is 0.221 e. The predicted octanol–water partition coefficient (Wildman–Crippen LogP) is 2.60. The van der Waals surface area contributed by atoms with Crippen LogP contribution in [0.2, 0.25) is 0 Å². The van der Waals surface area contributed by atoms with Crippen molar-refractivity contribution in [1.82, 2.24) is 9.97 Å². The number of hydrogen-bond acceptors (Lipinski definition) is 4. The van der Waals surface area contributed by atoms with E-state index in [1.165, 1.54) is 25.7 Å². The zero-order valence-electron chi connectivity index (χ0n) is 11.2. The lowest BCUT2D eigenvalue weighted by Crippen LogP contribution is -2.30. The van der Waals surface area contributed by atoms with Gasteiger partial charge in [0, 0.05) is 17.8 Å². The molecule has 4 nitrogen and oxygen atoms in total. The molecule has 0 radical (unpaired) electrons. The average Bonchev–Trinajstić information content (AvgIpc) is 2.96. The van der Waals surface area contributed by atoms with Crippen LogP contribution in [0.15, 0.2) is 6.20 Å². The molecule has 0 amide bonds. The van der Waals surface area contributed by atoms with Crippen molar-refractivity contribution in [2.45, 2.75) is 45.6 Å². The molecule has 0 aliphatic heterocycles. The second-order valence-electron chi connectivity index (χ2n) is 6.03. The zero-order chi connectivity index (χ0) is 12.7. The third-order valence-corrected chi connectivity index (χ3v) is 4.79. The summed E-state index contributed by atoms with van der Waals surface area (Å²) in [5, 5.41) is 3.55. The summed E-state index contributed by atoms with van der Waals surface area (Å²) in [6, 6.07) is 0.480. The average molecular weight is 246 g/mol. The molecule has 4 atom stereocenters. The van der Waals surface area contributed by atoms with Crippen molar-refractivity contribution in [1.29, 1.82) is 0 Å². The summed E-state index contributed by atoms with van der Waals surface area (Å²) in [6.07, 6.45) is 7.50. The van der Waals surface area contributed by atoms with Gasteiger partial charge in [-0.2, -0.15) is 4.98 Å². The molecule has 4 unspecified atom stereocenters. The fourth-order valence-corrected chi connectivity index (χ4v) is 3.83. The van der Waals surface area contributed by atoms with Gasteiger partial charge in [-0.15, -0.1) is 0 Å². The number of nitrogens with zero attached hydrogens (tertiary/aromatic N) is 2. The van der Waals surface area contributed by atoms with Gasteiger partial charge in [-0.3, -0.25) is 0 Å². The molecule has 1 heterocycles. The standard InChI is InChI=1S/C14H22N4/c1-8-7-16-14(15)18-13(8)17-9(2)12-6-10-3-4-11(12)5-10/h7,9-12H,3-6H2,1-2H3,(H3,15,16,17,18). The molecule has 2 aliphatic carbocycles. The molecule has 2 saturated carbocycles.